The summed E-state index contributed by atoms with van der Waals surface area (Å²) < 4.78 is 16.3. The number of ether oxygens (including phenoxy) is 3. The number of fused-ring (bicyclic) bond motifs is 1. The average Bonchev–Trinajstić information content (AvgIpc) is 2.86. The molecule has 0 fully saturated rings. The molecule has 1 N–H and O–H groups in total. The molecule has 0 aliphatic carbocycles. The third kappa shape index (κ3) is 4.45. The van der Waals surface area contributed by atoms with E-state index in [1.807, 2.05) is 6.07 Å². The molecule has 1 heterocycles. The van der Waals surface area contributed by atoms with Gasteiger partial charge in [-0.1, -0.05) is 11.6 Å². The summed E-state index contributed by atoms with van der Waals surface area (Å²) in [6.45, 7) is 1.15. The Hall–Kier alpha value is -2.66. The van der Waals surface area contributed by atoms with Crippen molar-refractivity contribution in [3.63, 3.8) is 0 Å². The van der Waals surface area contributed by atoms with Gasteiger partial charge in [-0.05, 0) is 48.0 Å². The van der Waals surface area contributed by atoms with Gasteiger partial charge in [0.1, 0.15) is 5.75 Å². The Labute approximate surface area is 151 Å². The minimum Gasteiger partial charge on any atom is -0.497 e. The van der Waals surface area contributed by atoms with Crippen LogP contribution in [0.4, 0.5) is 5.69 Å². The van der Waals surface area contributed by atoms with Crippen molar-refractivity contribution in [2.24, 2.45) is 0 Å². The fraction of sp³-hybridized carbons (Fsp3) is 0.211. The van der Waals surface area contributed by atoms with Crippen molar-refractivity contribution in [1.29, 1.82) is 0 Å². The number of amides is 1. The highest BCUT2D eigenvalue weighted by atomic mass is 35.5. The van der Waals surface area contributed by atoms with Gasteiger partial charge in [0.05, 0.1) is 25.3 Å². The van der Waals surface area contributed by atoms with E-state index in [0.29, 0.717) is 35.4 Å². The molecule has 1 aliphatic heterocycles. The van der Waals surface area contributed by atoms with Gasteiger partial charge in [0.2, 0.25) is 5.91 Å². The van der Waals surface area contributed by atoms with Gasteiger partial charge in [0.15, 0.2) is 11.5 Å². The SMILES string of the molecule is COc1ccc(NC(=O)/C=C/c2cc(Cl)c3c(c2)OCCCO3)cc1. The van der Waals surface area contributed by atoms with E-state index >= 15 is 0 Å². The maximum Gasteiger partial charge on any atom is 0.248 e. The van der Waals surface area contributed by atoms with Crippen LogP contribution in [0.3, 0.4) is 0 Å². The number of hydrogen-bond acceptors (Lipinski definition) is 4. The lowest BCUT2D eigenvalue weighted by atomic mass is 10.2. The zero-order chi connectivity index (χ0) is 17.6. The van der Waals surface area contributed by atoms with Crippen LogP contribution in [0.15, 0.2) is 42.5 Å². The lowest BCUT2D eigenvalue weighted by molar-refractivity contribution is -0.111. The largest absolute Gasteiger partial charge is 0.497 e. The lowest BCUT2D eigenvalue weighted by Crippen LogP contribution is -2.07. The first-order valence-electron chi connectivity index (χ1n) is 7.88. The van der Waals surface area contributed by atoms with E-state index < -0.39 is 0 Å². The molecule has 2 aromatic rings. The monoisotopic (exact) mass is 359 g/mol. The quantitative estimate of drug-likeness (QED) is 0.833. The molecular weight excluding hydrogens is 342 g/mol. The molecule has 0 bridgehead atoms. The van der Waals surface area contributed by atoms with Crippen molar-refractivity contribution in [3.05, 3.63) is 53.1 Å². The summed E-state index contributed by atoms with van der Waals surface area (Å²) in [6.07, 6.45) is 3.93. The van der Waals surface area contributed by atoms with Crippen LogP contribution in [0.5, 0.6) is 17.2 Å². The van der Waals surface area contributed by atoms with Gasteiger partial charge < -0.3 is 19.5 Å². The summed E-state index contributed by atoms with van der Waals surface area (Å²) in [6, 6.07) is 10.7. The van der Waals surface area contributed by atoms with Crippen molar-refractivity contribution in [1.82, 2.24) is 0 Å². The first kappa shape index (κ1) is 17.2. The lowest BCUT2D eigenvalue weighted by Gasteiger charge is -2.10. The second kappa shape index (κ2) is 7.94. The second-order valence-corrected chi connectivity index (χ2v) is 5.84. The van der Waals surface area contributed by atoms with E-state index in [9.17, 15) is 4.79 Å². The summed E-state index contributed by atoms with van der Waals surface area (Å²) in [5.41, 5.74) is 1.45. The number of nitrogens with one attached hydrogen (secondary N) is 1. The Bertz CT molecular complexity index is 787. The smallest absolute Gasteiger partial charge is 0.248 e. The van der Waals surface area contributed by atoms with Crippen LogP contribution in [0.25, 0.3) is 6.08 Å². The van der Waals surface area contributed by atoms with Crippen LogP contribution in [0.2, 0.25) is 5.02 Å². The number of hydrogen-bond donors (Lipinski definition) is 1. The average molecular weight is 360 g/mol. The summed E-state index contributed by atoms with van der Waals surface area (Å²) >= 11 is 6.24. The zero-order valence-electron chi connectivity index (χ0n) is 13.8. The third-order valence-corrected chi connectivity index (χ3v) is 3.89. The summed E-state index contributed by atoms with van der Waals surface area (Å²) in [4.78, 5) is 12.1. The van der Waals surface area contributed by atoms with E-state index in [0.717, 1.165) is 17.7 Å². The highest BCUT2D eigenvalue weighted by Crippen LogP contribution is 2.38. The number of anilines is 1. The molecule has 0 saturated heterocycles. The Morgan fingerprint density at radius 2 is 1.96 bits per heavy atom. The molecule has 0 unspecified atom stereocenters. The first-order chi connectivity index (χ1) is 12.2. The maximum atomic E-state index is 12.1. The van der Waals surface area contributed by atoms with E-state index in [-0.39, 0.29) is 5.91 Å². The highest BCUT2D eigenvalue weighted by molar-refractivity contribution is 6.32. The Morgan fingerprint density at radius 1 is 1.20 bits per heavy atom. The topological polar surface area (TPSA) is 56.8 Å². The summed E-state index contributed by atoms with van der Waals surface area (Å²) in [5, 5.41) is 3.25. The van der Waals surface area contributed by atoms with Gasteiger partial charge in [-0.3, -0.25) is 4.79 Å². The predicted octanol–water partition coefficient (Wildman–Crippen LogP) is 4.16. The van der Waals surface area contributed by atoms with Crippen molar-refractivity contribution < 1.29 is 19.0 Å². The van der Waals surface area contributed by atoms with Crippen molar-refractivity contribution in [3.8, 4) is 17.2 Å². The Balaban J connectivity index is 1.69. The molecule has 0 saturated carbocycles. The van der Waals surface area contributed by atoms with Crippen LogP contribution in [-0.2, 0) is 4.79 Å². The molecule has 3 rings (SSSR count). The molecule has 2 aromatic carbocycles. The number of carbonyl (C=O) groups excluding carboxylic acids is 1. The second-order valence-electron chi connectivity index (χ2n) is 5.43. The minimum atomic E-state index is -0.242. The zero-order valence-corrected chi connectivity index (χ0v) is 14.5. The van der Waals surface area contributed by atoms with Crippen LogP contribution in [0.1, 0.15) is 12.0 Å². The molecule has 0 aromatic heterocycles. The Kier molecular flexibility index (Phi) is 5.46. The normalized spacial score (nSPS) is 13.4. The van der Waals surface area contributed by atoms with Gasteiger partial charge >= 0.3 is 0 Å². The van der Waals surface area contributed by atoms with Crippen LogP contribution in [0, 0.1) is 0 Å². The van der Waals surface area contributed by atoms with Gasteiger partial charge in [0.25, 0.3) is 0 Å². The third-order valence-electron chi connectivity index (χ3n) is 3.61. The maximum absolute atomic E-state index is 12.1. The summed E-state index contributed by atoms with van der Waals surface area (Å²) in [5.74, 6) is 1.64. The fourth-order valence-corrected chi connectivity index (χ4v) is 2.65. The number of halogens is 1. The molecule has 0 spiro atoms. The summed E-state index contributed by atoms with van der Waals surface area (Å²) in [7, 11) is 1.59. The van der Waals surface area contributed by atoms with Crippen LogP contribution < -0.4 is 19.5 Å². The fourth-order valence-electron chi connectivity index (χ4n) is 2.38. The van der Waals surface area contributed by atoms with Crippen molar-refractivity contribution >= 4 is 29.3 Å². The minimum absolute atomic E-state index is 0.242. The predicted molar refractivity (Wildman–Crippen MR) is 97.7 cm³/mol. The molecule has 1 aliphatic rings. The van der Waals surface area contributed by atoms with Gasteiger partial charge in [-0.15, -0.1) is 0 Å². The molecule has 0 atom stereocenters. The molecule has 1 amide bonds. The van der Waals surface area contributed by atoms with E-state index in [1.54, 1.807) is 43.5 Å². The molecule has 0 radical (unpaired) electrons. The number of carbonyl (C=O) groups is 1. The van der Waals surface area contributed by atoms with E-state index in [1.165, 1.54) is 6.08 Å². The highest BCUT2D eigenvalue weighted by Gasteiger charge is 2.14. The van der Waals surface area contributed by atoms with Crippen LogP contribution in [-0.4, -0.2) is 26.2 Å². The van der Waals surface area contributed by atoms with Gasteiger partial charge in [0, 0.05) is 18.2 Å². The number of rotatable bonds is 4. The molecule has 25 heavy (non-hydrogen) atoms. The van der Waals surface area contributed by atoms with Crippen molar-refractivity contribution in [2.45, 2.75) is 6.42 Å². The van der Waals surface area contributed by atoms with E-state index in [4.69, 9.17) is 25.8 Å². The molecular formula is C19H18ClNO4. The molecule has 6 heteroatoms. The van der Waals surface area contributed by atoms with Gasteiger partial charge in [-0.2, -0.15) is 0 Å². The number of benzene rings is 2. The number of methoxy groups -OCH3 is 1. The Morgan fingerprint density at radius 3 is 2.72 bits per heavy atom. The van der Waals surface area contributed by atoms with E-state index in [2.05, 4.69) is 5.32 Å². The van der Waals surface area contributed by atoms with Gasteiger partial charge in [-0.25, -0.2) is 0 Å². The van der Waals surface area contributed by atoms with Crippen LogP contribution >= 0.6 is 11.6 Å². The standard InChI is InChI=1S/C19H18ClNO4/c1-23-15-6-4-14(5-7-15)21-18(22)8-3-13-11-16(20)19-17(12-13)24-9-2-10-25-19/h3-8,11-12H,2,9-10H2,1H3,(H,21,22)/b8-3+. The first-order valence-corrected chi connectivity index (χ1v) is 8.26. The van der Waals surface area contributed by atoms with Crippen molar-refractivity contribution in [2.75, 3.05) is 25.6 Å². The molecule has 5 nitrogen and oxygen atoms in total. The molecule has 130 valence electrons.